The number of nitrogens with zero attached hydrogens (tertiary/aromatic N) is 1. The summed E-state index contributed by atoms with van der Waals surface area (Å²) in [5, 5.41) is 3.11. The first kappa shape index (κ1) is 24.2. The van der Waals surface area contributed by atoms with E-state index >= 15 is 0 Å². The molecule has 1 heterocycles. The van der Waals surface area contributed by atoms with E-state index in [1.807, 2.05) is 18.2 Å². The van der Waals surface area contributed by atoms with E-state index < -0.39 is 15.9 Å². The predicted molar refractivity (Wildman–Crippen MR) is 133 cm³/mol. The Bertz CT molecular complexity index is 1330. The number of carbonyl (C=O) groups is 1. The van der Waals surface area contributed by atoms with E-state index in [2.05, 4.69) is 5.32 Å². The molecule has 3 aromatic rings. The number of benzene rings is 3. The minimum absolute atomic E-state index is 0.0545. The van der Waals surface area contributed by atoms with Crippen LogP contribution in [0, 0.1) is 0 Å². The number of methoxy groups -OCH3 is 1. The number of ether oxygens (including phenoxy) is 2. The first-order valence-corrected chi connectivity index (χ1v) is 12.7. The zero-order valence-corrected chi connectivity index (χ0v) is 20.6. The SMILES string of the molecule is COc1ccc(NC(=O)COc2ccc(S(=O)(=O)N3CCCc4ccccc43)cc2Cl)cc1Cl. The molecule has 0 spiro atoms. The van der Waals surface area contributed by atoms with Crippen LogP contribution in [-0.2, 0) is 21.2 Å². The Morgan fingerprint density at radius 2 is 1.76 bits per heavy atom. The number of para-hydroxylation sites is 1. The van der Waals surface area contributed by atoms with Crippen LogP contribution in [0.5, 0.6) is 11.5 Å². The van der Waals surface area contributed by atoms with E-state index in [1.165, 1.54) is 29.6 Å². The second-order valence-electron chi connectivity index (χ2n) is 7.59. The van der Waals surface area contributed by atoms with Gasteiger partial charge in [-0.25, -0.2) is 8.42 Å². The topological polar surface area (TPSA) is 84.9 Å². The van der Waals surface area contributed by atoms with Gasteiger partial charge in [0.15, 0.2) is 6.61 Å². The highest BCUT2D eigenvalue weighted by Crippen LogP contribution is 2.34. The molecule has 10 heteroatoms. The highest BCUT2D eigenvalue weighted by Gasteiger charge is 2.29. The van der Waals surface area contributed by atoms with Gasteiger partial charge < -0.3 is 14.8 Å². The van der Waals surface area contributed by atoms with Gasteiger partial charge in [0.05, 0.1) is 27.7 Å². The molecule has 0 unspecified atom stereocenters. The van der Waals surface area contributed by atoms with Crippen LogP contribution in [0.2, 0.25) is 10.0 Å². The number of fused-ring (bicyclic) bond motifs is 1. The van der Waals surface area contributed by atoms with Crippen molar-refractivity contribution in [1.82, 2.24) is 0 Å². The van der Waals surface area contributed by atoms with Crippen molar-refractivity contribution in [2.75, 3.05) is 29.9 Å². The standard InChI is InChI=1S/C24H22Cl2N2O5S/c1-32-22-10-8-17(13-19(22)25)27-24(29)15-33-23-11-9-18(14-20(23)26)34(30,31)28-12-4-6-16-5-2-3-7-21(16)28/h2-3,5,7-11,13-14H,4,6,12,15H2,1H3,(H,27,29). The fourth-order valence-corrected chi connectivity index (χ4v) is 5.84. The summed E-state index contributed by atoms with van der Waals surface area (Å²) in [6.45, 7) is 0.0692. The average Bonchev–Trinajstić information content (AvgIpc) is 2.83. The first-order chi connectivity index (χ1) is 16.3. The summed E-state index contributed by atoms with van der Waals surface area (Å²) in [6, 6.07) is 16.5. The van der Waals surface area contributed by atoms with Gasteiger partial charge in [0.1, 0.15) is 11.5 Å². The monoisotopic (exact) mass is 520 g/mol. The van der Waals surface area contributed by atoms with Crippen LogP contribution in [0.3, 0.4) is 0 Å². The second kappa shape index (κ2) is 10.1. The van der Waals surface area contributed by atoms with Crippen LogP contribution in [0.4, 0.5) is 11.4 Å². The Hall–Kier alpha value is -2.94. The number of halogens is 2. The van der Waals surface area contributed by atoms with Gasteiger partial charge in [0, 0.05) is 12.2 Å². The number of anilines is 2. The summed E-state index contributed by atoms with van der Waals surface area (Å²) >= 11 is 12.4. The average molecular weight is 521 g/mol. The molecule has 0 bridgehead atoms. The van der Waals surface area contributed by atoms with E-state index in [9.17, 15) is 13.2 Å². The Labute approximate surface area is 208 Å². The molecule has 7 nitrogen and oxygen atoms in total. The maximum Gasteiger partial charge on any atom is 0.264 e. The largest absolute Gasteiger partial charge is 0.495 e. The fourth-order valence-electron chi connectivity index (χ4n) is 3.72. The fraction of sp³-hybridized carbons (Fsp3) is 0.208. The number of rotatable bonds is 7. The van der Waals surface area contributed by atoms with E-state index in [0.717, 1.165) is 18.4 Å². The molecule has 0 atom stereocenters. The molecule has 1 aliphatic rings. The summed E-state index contributed by atoms with van der Waals surface area (Å²) in [5.41, 5.74) is 2.15. The van der Waals surface area contributed by atoms with Gasteiger partial charge in [-0.15, -0.1) is 0 Å². The van der Waals surface area contributed by atoms with Gasteiger partial charge in [-0.05, 0) is 60.9 Å². The number of hydrogen-bond donors (Lipinski definition) is 1. The van der Waals surface area contributed by atoms with Crippen molar-refractivity contribution in [1.29, 1.82) is 0 Å². The summed E-state index contributed by atoms with van der Waals surface area (Å²) < 4.78 is 38.6. The first-order valence-electron chi connectivity index (χ1n) is 10.5. The van der Waals surface area contributed by atoms with Crippen molar-refractivity contribution < 1.29 is 22.7 Å². The molecule has 3 aromatic carbocycles. The van der Waals surface area contributed by atoms with E-state index in [1.54, 1.807) is 24.3 Å². The summed E-state index contributed by atoms with van der Waals surface area (Å²) in [6.07, 6.45) is 1.57. The van der Waals surface area contributed by atoms with Gasteiger partial charge >= 0.3 is 0 Å². The van der Waals surface area contributed by atoms with Gasteiger partial charge in [-0.1, -0.05) is 41.4 Å². The Balaban J connectivity index is 1.44. The van der Waals surface area contributed by atoms with Crippen molar-refractivity contribution in [2.24, 2.45) is 0 Å². The third-order valence-corrected chi connectivity index (χ3v) is 7.75. The van der Waals surface area contributed by atoms with Gasteiger partial charge in [-0.3, -0.25) is 9.10 Å². The lowest BCUT2D eigenvalue weighted by atomic mass is 10.0. The van der Waals surface area contributed by atoms with Crippen molar-refractivity contribution in [3.63, 3.8) is 0 Å². The number of carbonyl (C=O) groups excluding carboxylic acids is 1. The molecule has 0 saturated heterocycles. The van der Waals surface area contributed by atoms with Crippen molar-refractivity contribution in [3.05, 3.63) is 76.3 Å². The van der Waals surface area contributed by atoms with Crippen molar-refractivity contribution in [2.45, 2.75) is 17.7 Å². The molecule has 1 N–H and O–H groups in total. The third kappa shape index (κ3) is 5.09. The molecule has 34 heavy (non-hydrogen) atoms. The summed E-state index contributed by atoms with van der Waals surface area (Å²) in [7, 11) is -2.31. The molecule has 4 rings (SSSR count). The number of nitrogens with one attached hydrogen (secondary N) is 1. The van der Waals surface area contributed by atoms with E-state index in [4.69, 9.17) is 32.7 Å². The Morgan fingerprint density at radius 3 is 2.50 bits per heavy atom. The zero-order valence-electron chi connectivity index (χ0n) is 18.3. The quantitative estimate of drug-likeness (QED) is 0.464. The van der Waals surface area contributed by atoms with Crippen LogP contribution < -0.4 is 19.1 Å². The minimum atomic E-state index is -3.81. The molecule has 0 aliphatic carbocycles. The van der Waals surface area contributed by atoms with Gasteiger partial charge in [0.25, 0.3) is 15.9 Å². The summed E-state index contributed by atoms with van der Waals surface area (Å²) in [4.78, 5) is 12.3. The molecule has 0 saturated carbocycles. The van der Waals surface area contributed by atoms with Gasteiger partial charge in [0.2, 0.25) is 0 Å². The molecular weight excluding hydrogens is 499 g/mol. The van der Waals surface area contributed by atoms with Crippen LogP contribution in [0.25, 0.3) is 0 Å². The minimum Gasteiger partial charge on any atom is -0.495 e. The van der Waals surface area contributed by atoms with Crippen LogP contribution in [-0.4, -0.2) is 34.6 Å². The Morgan fingerprint density at radius 1 is 1.03 bits per heavy atom. The number of amides is 1. The van der Waals surface area contributed by atoms with Crippen molar-refractivity contribution >= 4 is 50.5 Å². The molecule has 0 radical (unpaired) electrons. The zero-order chi connectivity index (χ0) is 24.3. The molecule has 0 aromatic heterocycles. The van der Waals surface area contributed by atoms with Crippen LogP contribution in [0.15, 0.2) is 65.6 Å². The molecular formula is C24H22Cl2N2O5S. The van der Waals surface area contributed by atoms with Crippen LogP contribution in [0.1, 0.15) is 12.0 Å². The molecule has 178 valence electrons. The van der Waals surface area contributed by atoms with Crippen molar-refractivity contribution in [3.8, 4) is 11.5 Å². The maximum absolute atomic E-state index is 13.3. The number of sulfonamides is 1. The van der Waals surface area contributed by atoms with E-state index in [-0.39, 0.29) is 22.3 Å². The lowest BCUT2D eigenvalue weighted by molar-refractivity contribution is -0.118. The predicted octanol–water partition coefficient (Wildman–Crippen LogP) is 5.16. The molecule has 1 amide bonds. The normalized spacial score (nSPS) is 13.2. The smallest absolute Gasteiger partial charge is 0.264 e. The number of aryl methyl sites for hydroxylation is 1. The third-order valence-electron chi connectivity index (χ3n) is 5.35. The van der Waals surface area contributed by atoms with E-state index in [0.29, 0.717) is 28.7 Å². The lowest BCUT2D eigenvalue weighted by Gasteiger charge is -2.30. The highest BCUT2D eigenvalue weighted by atomic mass is 35.5. The number of hydrogen-bond acceptors (Lipinski definition) is 5. The molecule has 0 fully saturated rings. The summed E-state index contributed by atoms with van der Waals surface area (Å²) in [5.74, 6) is 0.257. The van der Waals surface area contributed by atoms with Gasteiger partial charge in [-0.2, -0.15) is 0 Å². The van der Waals surface area contributed by atoms with Crippen LogP contribution >= 0.6 is 23.2 Å². The lowest BCUT2D eigenvalue weighted by Crippen LogP contribution is -2.35. The maximum atomic E-state index is 13.3. The molecule has 1 aliphatic heterocycles. The second-order valence-corrected chi connectivity index (χ2v) is 10.3. The highest BCUT2D eigenvalue weighted by molar-refractivity contribution is 7.92. The Kier molecular flexibility index (Phi) is 7.21.